The molecule has 0 bridgehead atoms. The van der Waals surface area contributed by atoms with E-state index in [0.717, 1.165) is 21.2 Å². The lowest BCUT2D eigenvalue weighted by Crippen LogP contribution is -2.22. The van der Waals surface area contributed by atoms with Gasteiger partial charge in [-0.15, -0.1) is 0 Å². The third kappa shape index (κ3) is 4.34. The second-order valence-electron chi connectivity index (χ2n) is 6.39. The number of benzene rings is 2. The van der Waals surface area contributed by atoms with E-state index in [4.69, 9.17) is 0 Å². The molecule has 0 amide bonds. The predicted molar refractivity (Wildman–Crippen MR) is 110 cm³/mol. The molecular formula is C21H20BrN3O2. The first-order chi connectivity index (χ1) is 13.0. The summed E-state index contributed by atoms with van der Waals surface area (Å²) in [5, 5.41) is 17.4. The molecular weight excluding hydrogens is 406 g/mol. The number of rotatable bonds is 5. The second-order valence-corrected chi connectivity index (χ2v) is 7.31. The van der Waals surface area contributed by atoms with Crippen molar-refractivity contribution in [2.75, 3.05) is 0 Å². The first-order valence-corrected chi connectivity index (χ1v) is 9.35. The van der Waals surface area contributed by atoms with Crippen LogP contribution in [0.4, 0.5) is 0 Å². The Morgan fingerprint density at radius 3 is 2.48 bits per heavy atom. The number of aromatic nitrogens is 2. The Labute approximate surface area is 166 Å². The van der Waals surface area contributed by atoms with Crippen LogP contribution in [0, 0.1) is 6.92 Å². The van der Waals surface area contributed by atoms with Crippen LogP contribution in [0.1, 0.15) is 34.7 Å². The zero-order valence-electron chi connectivity index (χ0n) is 15.1. The van der Waals surface area contributed by atoms with E-state index in [-0.39, 0.29) is 11.5 Å². The van der Waals surface area contributed by atoms with Crippen LogP contribution in [-0.2, 0) is 7.05 Å². The Balaban J connectivity index is 2.04. The summed E-state index contributed by atoms with van der Waals surface area (Å²) in [6, 6.07) is 19.3. The molecule has 27 heavy (non-hydrogen) atoms. The highest BCUT2D eigenvalue weighted by Crippen LogP contribution is 2.32. The fraction of sp³-hybridized carbons (Fsp3) is 0.190. The van der Waals surface area contributed by atoms with Crippen molar-refractivity contribution in [2.24, 2.45) is 12.2 Å². The van der Waals surface area contributed by atoms with Crippen molar-refractivity contribution >= 4 is 21.6 Å². The molecule has 138 valence electrons. The van der Waals surface area contributed by atoms with Gasteiger partial charge in [-0.05, 0) is 41.8 Å². The van der Waals surface area contributed by atoms with Gasteiger partial charge < -0.3 is 5.21 Å². The van der Waals surface area contributed by atoms with Crippen molar-refractivity contribution in [1.82, 2.24) is 9.78 Å². The Kier molecular flexibility index (Phi) is 5.86. The van der Waals surface area contributed by atoms with E-state index in [1.54, 1.807) is 13.1 Å². The summed E-state index contributed by atoms with van der Waals surface area (Å²) in [7, 11) is 1.58. The maximum absolute atomic E-state index is 11.6. The predicted octanol–water partition coefficient (Wildman–Crippen LogP) is 4.25. The standard InChI is InChI=1S/C21H20BrN3O2/c1-14-5-3-4-6-17(14)18(15-7-9-16(22)10-8-15)13-20(24-27)19-11-12-21(26)25(2)23-19/h3-12,18,27H,13H2,1-2H3/t18-/m1/s1. The molecule has 0 saturated heterocycles. The van der Waals surface area contributed by atoms with Crippen LogP contribution < -0.4 is 5.56 Å². The monoisotopic (exact) mass is 425 g/mol. The lowest BCUT2D eigenvalue weighted by atomic mass is 9.84. The van der Waals surface area contributed by atoms with Gasteiger partial charge in [-0.25, -0.2) is 4.68 Å². The van der Waals surface area contributed by atoms with Crippen LogP contribution in [0.2, 0.25) is 0 Å². The van der Waals surface area contributed by atoms with Gasteiger partial charge in [-0.1, -0.05) is 57.5 Å². The van der Waals surface area contributed by atoms with Gasteiger partial charge in [0, 0.05) is 29.9 Å². The fourth-order valence-electron chi connectivity index (χ4n) is 3.13. The van der Waals surface area contributed by atoms with Gasteiger partial charge in [0.2, 0.25) is 0 Å². The van der Waals surface area contributed by atoms with E-state index in [1.165, 1.54) is 10.7 Å². The number of hydrogen-bond donors (Lipinski definition) is 1. The highest BCUT2D eigenvalue weighted by atomic mass is 79.9. The fourth-order valence-corrected chi connectivity index (χ4v) is 3.39. The highest BCUT2D eigenvalue weighted by Gasteiger charge is 2.21. The molecule has 0 spiro atoms. The van der Waals surface area contributed by atoms with Crippen molar-refractivity contribution in [1.29, 1.82) is 0 Å². The van der Waals surface area contributed by atoms with Crippen molar-refractivity contribution in [3.05, 3.63) is 97.9 Å². The van der Waals surface area contributed by atoms with Gasteiger partial charge in [0.25, 0.3) is 5.56 Å². The highest BCUT2D eigenvalue weighted by molar-refractivity contribution is 9.10. The molecule has 2 aromatic carbocycles. The van der Waals surface area contributed by atoms with Gasteiger partial charge in [0.1, 0.15) is 11.4 Å². The van der Waals surface area contributed by atoms with Crippen LogP contribution in [0.5, 0.6) is 0 Å². The quantitative estimate of drug-likeness (QED) is 0.377. The smallest absolute Gasteiger partial charge is 0.266 e. The van der Waals surface area contributed by atoms with Crippen molar-refractivity contribution in [3.63, 3.8) is 0 Å². The molecule has 3 aromatic rings. The van der Waals surface area contributed by atoms with Gasteiger partial charge in [0.15, 0.2) is 0 Å². The zero-order chi connectivity index (χ0) is 19.4. The summed E-state index contributed by atoms with van der Waals surface area (Å²) in [5.41, 5.74) is 4.14. The average Bonchev–Trinajstić information content (AvgIpc) is 2.67. The Bertz CT molecular complexity index is 1030. The number of halogens is 1. The Morgan fingerprint density at radius 2 is 1.85 bits per heavy atom. The van der Waals surface area contributed by atoms with Crippen molar-refractivity contribution < 1.29 is 5.21 Å². The molecule has 1 atom stereocenters. The van der Waals surface area contributed by atoms with Crippen LogP contribution in [0.15, 0.2) is 75.1 Å². The van der Waals surface area contributed by atoms with E-state index in [2.05, 4.69) is 57.4 Å². The number of nitrogens with zero attached hydrogens (tertiary/aromatic N) is 3. The van der Waals surface area contributed by atoms with E-state index >= 15 is 0 Å². The minimum absolute atomic E-state index is 0.00997. The lowest BCUT2D eigenvalue weighted by molar-refractivity contribution is 0.317. The summed E-state index contributed by atoms with van der Waals surface area (Å²) in [5.74, 6) is -0.00997. The molecule has 0 aliphatic rings. The first kappa shape index (κ1) is 19.0. The van der Waals surface area contributed by atoms with Crippen molar-refractivity contribution in [3.8, 4) is 0 Å². The van der Waals surface area contributed by atoms with Crippen LogP contribution >= 0.6 is 15.9 Å². The molecule has 6 heteroatoms. The average molecular weight is 426 g/mol. The molecule has 0 unspecified atom stereocenters. The van der Waals surface area contributed by atoms with Crippen LogP contribution in [0.3, 0.4) is 0 Å². The summed E-state index contributed by atoms with van der Waals surface area (Å²) in [6.07, 6.45) is 0.453. The third-order valence-corrected chi connectivity index (χ3v) is 5.14. The first-order valence-electron chi connectivity index (χ1n) is 8.56. The molecule has 3 rings (SSSR count). The van der Waals surface area contributed by atoms with Crippen LogP contribution in [0.25, 0.3) is 0 Å². The summed E-state index contributed by atoms with van der Waals surface area (Å²) < 4.78 is 2.24. The van der Waals surface area contributed by atoms with Crippen LogP contribution in [-0.4, -0.2) is 20.7 Å². The summed E-state index contributed by atoms with van der Waals surface area (Å²) >= 11 is 3.48. The van der Waals surface area contributed by atoms with E-state index in [0.29, 0.717) is 17.8 Å². The third-order valence-electron chi connectivity index (χ3n) is 4.61. The van der Waals surface area contributed by atoms with E-state index in [1.807, 2.05) is 24.3 Å². The molecule has 0 saturated carbocycles. The zero-order valence-corrected chi connectivity index (χ0v) is 16.7. The van der Waals surface area contributed by atoms with Gasteiger partial charge in [0.05, 0.1) is 0 Å². The SMILES string of the molecule is Cc1ccccc1[C@H](CC(=NO)c1ccc(=O)n(C)n1)c1ccc(Br)cc1. The van der Waals surface area contributed by atoms with Gasteiger partial charge in [-0.3, -0.25) is 4.79 Å². The molecule has 1 aromatic heterocycles. The second kappa shape index (κ2) is 8.31. The minimum atomic E-state index is -0.209. The molecule has 0 aliphatic heterocycles. The van der Waals surface area contributed by atoms with Gasteiger partial charge in [-0.2, -0.15) is 5.10 Å². The number of hydrogen-bond acceptors (Lipinski definition) is 4. The summed E-state index contributed by atoms with van der Waals surface area (Å²) in [6.45, 7) is 2.07. The van der Waals surface area contributed by atoms with E-state index in [9.17, 15) is 10.0 Å². The largest absolute Gasteiger partial charge is 0.411 e. The van der Waals surface area contributed by atoms with E-state index < -0.39 is 0 Å². The molecule has 1 heterocycles. The topological polar surface area (TPSA) is 67.5 Å². The Hall–Kier alpha value is -2.73. The molecule has 5 nitrogen and oxygen atoms in total. The number of aryl methyl sites for hydroxylation is 2. The maximum Gasteiger partial charge on any atom is 0.266 e. The maximum atomic E-state index is 11.6. The number of oxime groups is 1. The molecule has 0 radical (unpaired) electrons. The Morgan fingerprint density at radius 1 is 1.15 bits per heavy atom. The van der Waals surface area contributed by atoms with Gasteiger partial charge >= 0.3 is 0 Å². The minimum Gasteiger partial charge on any atom is -0.411 e. The normalized spacial score (nSPS) is 12.8. The summed E-state index contributed by atoms with van der Waals surface area (Å²) in [4.78, 5) is 11.6. The molecule has 1 N–H and O–H groups in total. The molecule has 0 aliphatic carbocycles. The lowest BCUT2D eigenvalue weighted by Gasteiger charge is -2.20. The molecule has 0 fully saturated rings. The van der Waals surface area contributed by atoms with Crippen molar-refractivity contribution in [2.45, 2.75) is 19.3 Å².